The number of para-hydroxylation sites is 1. The van der Waals surface area contributed by atoms with Crippen molar-refractivity contribution in [3.05, 3.63) is 18.2 Å². The van der Waals surface area contributed by atoms with E-state index in [1.807, 2.05) is 18.2 Å². The van der Waals surface area contributed by atoms with Crippen LogP contribution in [0.5, 0.6) is 17.2 Å². The molecule has 1 fully saturated rings. The van der Waals surface area contributed by atoms with Crippen LogP contribution in [-0.4, -0.2) is 81.1 Å². The summed E-state index contributed by atoms with van der Waals surface area (Å²) in [7, 11) is 3.18. The predicted molar refractivity (Wildman–Crippen MR) is 104 cm³/mol. The molecular weight excluding hydrogens is 367 g/mol. The minimum absolute atomic E-state index is 0. The highest BCUT2D eigenvalue weighted by molar-refractivity contribution is 5.85. The van der Waals surface area contributed by atoms with Gasteiger partial charge in [0.05, 0.1) is 14.2 Å². The van der Waals surface area contributed by atoms with Gasteiger partial charge in [-0.15, -0.1) is 24.8 Å². The van der Waals surface area contributed by atoms with Crippen molar-refractivity contribution in [3.8, 4) is 17.2 Å². The maximum absolute atomic E-state index is 10.3. The zero-order chi connectivity index (χ0) is 16.7. The van der Waals surface area contributed by atoms with Gasteiger partial charge in [0.2, 0.25) is 5.75 Å². The third-order valence-electron chi connectivity index (χ3n) is 4.18. The summed E-state index contributed by atoms with van der Waals surface area (Å²) < 4.78 is 16.3. The Labute approximate surface area is 162 Å². The monoisotopic (exact) mass is 396 g/mol. The van der Waals surface area contributed by atoms with Crippen molar-refractivity contribution < 1.29 is 19.3 Å². The van der Waals surface area contributed by atoms with Crippen molar-refractivity contribution >= 4 is 24.8 Å². The number of halogens is 2. The van der Waals surface area contributed by atoms with E-state index < -0.39 is 6.10 Å². The van der Waals surface area contributed by atoms with Crippen LogP contribution in [0.4, 0.5) is 0 Å². The number of methoxy groups -OCH3 is 2. The lowest BCUT2D eigenvalue weighted by Gasteiger charge is -2.34. The lowest BCUT2D eigenvalue weighted by Crippen LogP contribution is -2.49. The fraction of sp³-hybridized carbons (Fsp3) is 0.647. The van der Waals surface area contributed by atoms with E-state index in [4.69, 9.17) is 14.2 Å². The number of benzene rings is 1. The minimum Gasteiger partial charge on any atom is -0.493 e. The second-order valence-electron chi connectivity index (χ2n) is 5.69. The first-order chi connectivity index (χ1) is 11.2. The van der Waals surface area contributed by atoms with E-state index in [0.717, 1.165) is 32.7 Å². The van der Waals surface area contributed by atoms with Crippen LogP contribution < -0.4 is 14.2 Å². The lowest BCUT2D eigenvalue weighted by molar-refractivity contribution is 0.0458. The molecule has 0 radical (unpaired) electrons. The summed E-state index contributed by atoms with van der Waals surface area (Å²) in [6, 6.07) is 5.47. The quantitative estimate of drug-likeness (QED) is 0.724. The van der Waals surface area contributed by atoms with E-state index in [2.05, 4.69) is 16.7 Å². The van der Waals surface area contributed by atoms with E-state index in [1.165, 1.54) is 0 Å². The molecule has 1 aromatic carbocycles. The summed E-state index contributed by atoms with van der Waals surface area (Å²) in [5.41, 5.74) is 0. The zero-order valence-electron chi connectivity index (χ0n) is 15.1. The van der Waals surface area contributed by atoms with Crippen LogP contribution >= 0.6 is 24.8 Å². The number of piperazine rings is 1. The summed E-state index contributed by atoms with van der Waals surface area (Å²) in [4.78, 5) is 4.69. The van der Waals surface area contributed by atoms with Crippen molar-refractivity contribution in [1.29, 1.82) is 0 Å². The van der Waals surface area contributed by atoms with Gasteiger partial charge in [0.15, 0.2) is 11.5 Å². The summed E-state index contributed by atoms with van der Waals surface area (Å²) >= 11 is 0. The van der Waals surface area contributed by atoms with Crippen LogP contribution in [-0.2, 0) is 0 Å². The molecule has 1 aliphatic heterocycles. The topological polar surface area (TPSA) is 54.4 Å². The van der Waals surface area contributed by atoms with Crippen LogP contribution in [0.25, 0.3) is 0 Å². The summed E-state index contributed by atoms with van der Waals surface area (Å²) in [6.45, 7) is 8.20. The largest absolute Gasteiger partial charge is 0.493 e. The molecule has 8 heteroatoms. The second kappa shape index (κ2) is 12.4. The first-order valence-corrected chi connectivity index (χ1v) is 8.14. The van der Waals surface area contributed by atoms with Gasteiger partial charge in [-0.3, -0.25) is 4.90 Å². The van der Waals surface area contributed by atoms with E-state index in [-0.39, 0.29) is 31.4 Å². The summed E-state index contributed by atoms with van der Waals surface area (Å²) in [5, 5.41) is 10.3. The highest BCUT2D eigenvalue weighted by Gasteiger charge is 2.19. The van der Waals surface area contributed by atoms with Gasteiger partial charge in [-0.05, 0) is 18.7 Å². The maximum Gasteiger partial charge on any atom is 0.203 e. The first kappa shape index (κ1) is 24.1. The Bertz CT molecular complexity index is 463. The minimum atomic E-state index is -0.544. The van der Waals surface area contributed by atoms with Crippen LogP contribution in [0, 0.1) is 0 Å². The van der Waals surface area contributed by atoms with Gasteiger partial charge in [0.25, 0.3) is 0 Å². The van der Waals surface area contributed by atoms with Gasteiger partial charge in [-0.1, -0.05) is 13.0 Å². The van der Waals surface area contributed by atoms with Crippen molar-refractivity contribution in [3.63, 3.8) is 0 Å². The van der Waals surface area contributed by atoms with Crippen molar-refractivity contribution in [2.24, 2.45) is 0 Å². The molecule has 0 amide bonds. The molecule has 1 atom stereocenters. The van der Waals surface area contributed by atoms with Crippen LogP contribution in [0.1, 0.15) is 6.92 Å². The number of aliphatic hydroxyl groups excluding tert-OH is 1. The molecule has 1 aromatic rings. The van der Waals surface area contributed by atoms with Gasteiger partial charge in [-0.25, -0.2) is 0 Å². The van der Waals surface area contributed by atoms with E-state index >= 15 is 0 Å². The Morgan fingerprint density at radius 2 is 1.52 bits per heavy atom. The highest BCUT2D eigenvalue weighted by atomic mass is 35.5. The second-order valence-corrected chi connectivity index (χ2v) is 5.69. The molecule has 1 aliphatic rings. The fourth-order valence-corrected chi connectivity index (χ4v) is 2.78. The van der Waals surface area contributed by atoms with Gasteiger partial charge in [-0.2, -0.15) is 0 Å². The average molecular weight is 397 g/mol. The SMILES string of the molecule is CCN1CCN(CC(O)COc2c(OC)cccc2OC)CC1.Cl.Cl. The molecule has 0 spiro atoms. The van der Waals surface area contributed by atoms with Crippen LogP contribution in [0.15, 0.2) is 18.2 Å². The third-order valence-corrected chi connectivity index (χ3v) is 4.18. The molecule has 0 aliphatic carbocycles. The molecule has 1 N–H and O–H groups in total. The number of hydrogen-bond donors (Lipinski definition) is 1. The molecule has 0 saturated carbocycles. The number of hydrogen-bond acceptors (Lipinski definition) is 6. The fourth-order valence-electron chi connectivity index (χ4n) is 2.78. The van der Waals surface area contributed by atoms with E-state index in [0.29, 0.717) is 23.8 Å². The highest BCUT2D eigenvalue weighted by Crippen LogP contribution is 2.36. The molecule has 1 heterocycles. The number of aliphatic hydroxyl groups is 1. The Hall–Kier alpha value is -0.920. The molecular formula is C17H30Cl2N2O4. The van der Waals surface area contributed by atoms with Gasteiger partial charge >= 0.3 is 0 Å². The van der Waals surface area contributed by atoms with Crippen molar-refractivity contribution in [2.75, 3.05) is 60.1 Å². The molecule has 0 bridgehead atoms. The van der Waals surface area contributed by atoms with Gasteiger partial charge in [0, 0.05) is 32.7 Å². The van der Waals surface area contributed by atoms with Crippen molar-refractivity contribution in [1.82, 2.24) is 9.80 Å². The number of rotatable bonds is 8. The number of β-amino-alcohol motifs (C(OH)–C–C–N with tert-alkyl or cyclic N) is 1. The normalized spacial score (nSPS) is 16.3. The van der Waals surface area contributed by atoms with Gasteiger partial charge in [0.1, 0.15) is 12.7 Å². The first-order valence-electron chi connectivity index (χ1n) is 8.14. The summed E-state index contributed by atoms with van der Waals surface area (Å²) in [6.07, 6.45) is -0.544. The Morgan fingerprint density at radius 1 is 1.00 bits per heavy atom. The Morgan fingerprint density at radius 3 is 2.00 bits per heavy atom. The predicted octanol–water partition coefficient (Wildman–Crippen LogP) is 1.92. The summed E-state index contributed by atoms with van der Waals surface area (Å²) in [5.74, 6) is 1.74. The maximum atomic E-state index is 10.3. The van der Waals surface area contributed by atoms with Crippen LogP contribution in [0.2, 0.25) is 0 Å². The molecule has 25 heavy (non-hydrogen) atoms. The number of ether oxygens (including phenoxy) is 3. The smallest absolute Gasteiger partial charge is 0.203 e. The van der Waals surface area contributed by atoms with Gasteiger partial charge < -0.3 is 24.2 Å². The van der Waals surface area contributed by atoms with Crippen LogP contribution in [0.3, 0.4) is 0 Å². The number of nitrogens with zero attached hydrogens (tertiary/aromatic N) is 2. The van der Waals surface area contributed by atoms with E-state index in [1.54, 1.807) is 14.2 Å². The molecule has 6 nitrogen and oxygen atoms in total. The molecule has 1 saturated heterocycles. The molecule has 1 unspecified atom stereocenters. The Balaban J connectivity index is 0.00000288. The molecule has 146 valence electrons. The standard InChI is InChI=1S/C17H28N2O4.2ClH/c1-4-18-8-10-19(11-9-18)12-14(20)13-23-17-15(21-2)6-5-7-16(17)22-3;;/h5-7,14,20H,4,8-13H2,1-3H3;2*1H. The molecule has 0 aromatic heterocycles. The average Bonchev–Trinajstić information content (AvgIpc) is 2.60. The van der Waals surface area contributed by atoms with E-state index in [9.17, 15) is 5.11 Å². The molecule has 2 rings (SSSR count). The zero-order valence-corrected chi connectivity index (χ0v) is 16.8. The Kier molecular flexibility index (Phi) is 12.0. The lowest BCUT2D eigenvalue weighted by atomic mass is 10.2. The third kappa shape index (κ3) is 7.07. The number of likely N-dealkylation sites (N-methyl/N-ethyl adjacent to an activating group) is 1. The van der Waals surface area contributed by atoms with Crippen molar-refractivity contribution in [2.45, 2.75) is 13.0 Å².